The third-order valence-corrected chi connectivity index (χ3v) is 5.84. The molecule has 1 aromatic heterocycles. The number of aryl methyl sites for hydroxylation is 2. The minimum Gasteiger partial charge on any atom is -0.329 e. The third kappa shape index (κ3) is 2.54. The highest BCUT2D eigenvalue weighted by atomic mass is 32.2. The summed E-state index contributed by atoms with van der Waals surface area (Å²) in [5.41, 5.74) is 6.36. The van der Waals surface area contributed by atoms with Gasteiger partial charge in [-0.05, 0) is 39.5 Å². The van der Waals surface area contributed by atoms with Gasteiger partial charge < -0.3 is 5.73 Å². The van der Waals surface area contributed by atoms with Gasteiger partial charge in [-0.15, -0.1) is 0 Å². The van der Waals surface area contributed by atoms with Crippen LogP contribution < -0.4 is 10.5 Å². The number of nitrogens with one attached hydrogen (secondary N) is 1. The minimum atomic E-state index is -3.59. The summed E-state index contributed by atoms with van der Waals surface area (Å²) in [6.07, 6.45) is 2.06. The number of sulfonamides is 1. The average molecular weight is 286 g/mol. The Bertz CT molecular complexity index is 589. The summed E-state index contributed by atoms with van der Waals surface area (Å²) >= 11 is 0. The van der Waals surface area contributed by atoms with Gasteiger partial charge in [0, 0.05) is 19.1 Å². The molecule has 7 heteroatoms. The first-order chi connectivity index (χ1) is 8.71. The van der Waals surface area contributed by atoms with Crippen molar-refractivity contribution < 1.29 is 8.42 Å². The molecule has 1 saturated carbocycles. The Balaban J connectivity index is 2.37. The van der Waals surface area contributed by atoms with Crippen molar-refractivity contribution in [1.82, 2.24) is 14.5 Å². The second-order valence-corrected chi connectivity index (χ2v) is 7.24. The van der Waals surface area contributed by atoms with E-state index in [0.717, 1.165) is 12.8 Å². The molecular weight excluding hydrogens is 264 g/mol. The van der Waals surface area contributed by atoms with Gasteiger partial charge in [0.1, 0.15) is 4.90 Å². The molecule has 0 aliphatic heterocycles. The van der Waals surface area contributed by atoms with Crippen LogP contribution in [0.3, 0.4) is 0 Å². The van der Waals surface area contributed by atoms with E-state index in [-0.39, 0.29) is 4.90 Å². The maximum absolute atomic E-state index is 12.6. The van der Waals surface area contributed by atoms with E-state index in [1.54, 1.807) is 25.6 Å². The van der Waals surface area contributed by atoms with Crippen molar-refractivity contribution >= 4 is 10.0 Å². The standard InChI is InChI=1S/C12H22N4O2S/c1-8-11(9(2)16(4)14-8)19(17,18)15-12(3,7-13)10-5-6-10/h10,15H,5-7,13H2,1-4H3. The summed E-state index contributed by atoms with van der Waals surface area (Å²) in [5.74, 6) is 0.338. The molecule has 0 saturated heterocycles. The van der Waals surface area contributed by atoms with Crippen molar-refractivity contribution in [3.8, 4) is 0 Å². The van der Waals surface area contributed by atoms with E-state index < -0.39 is 15.6 Å². The molecule has 1 aliphatic carbocycles. The Labute approximate surface area is 114 Å². The van der Waals surface area contributed by atoms with Gasteiger partial charge in [0.05, 0.1) is 11.4 Å². The van der Waals surface area contributed by atoms with Crippen molar-refractivity contribution in [3.05, 3.63) is 11.4 Å². The van der Waals surface area contributed by atoms with Crippen LogP contribution in [-0.2, 0) is 17.1 Å². The fourth-order valence-corrected chi connectivity index (χ4v) is 4.43. The molecule has 1 aromatic rings. The Kier molecular flexibility index (Phi) is 3.49. The van der Waals surface area contributed by atoms with E-state index in [1.165, 1.54) is 0 Å². The first-order valence-corrected chi connectivity index (χ1v) is 7.94. The number of hydrogen-bond acceptors (Lipinski definition) is 4. The van der Waals surface area contributed by atoms with E-state index in [9.17, 15) is 8.42 Å². The molecule has 19 heavy (non-hydrogen) atoms. The van der Waals surface area contributed by atoms with Gasteiger partial charge in [0.15, 0.2) is 0 Å². The zero-order valence-corrected chi connectivity index (χ0v) is 12.7. The first kappa shape index (κ1) is 14.5. The molecule has 0 bridgehead atoms. The van der Waals surface area contributed by atoms with Crippen molar-refractivity contribution in [1.29, 1.82) is 0 Å². The van der Waals surface area contributed by atoms with Crippen LogP contribution in [0.15, 0.2) is 4.90 Å². The van der Waals surface area contributed by atoms with Crippen LogP contribution in [0.5, 0.6) is 0 Å². The summed E-state index contributed by atoms with van der Waals surface area (Å²) in [4.78, 5) is 0.273. The molecular formula is C12H22N4O2S. The molecule has 0 spiro atoms. The lowest BCUT2D eigenvalue weighted by Crippen LogP contribution is -2.53. The van der Waals surface area contributed by atoms with Crippen LogP contribution in [-0.4, -0.2) is 30.3 Å². The number of nitrogens with two attached hydrogens (primary N) is 1. The first-order valence-electron chi connectivity index (χ1n) is 6.45. The lowest BCUT2D eigenvalue weighted by molar-refractivity contribution is 0.374. The van der Waals surface area contributed by atoms with E-state index in [2.05, 4.69) is 9.82 Å². The van der Waals surface area contributed by atoms with Gasteiger partial charge in [-0.1, -0.05) is 0 Å². The molecule has 2 rings (SSSR count). The van der Waals surface area contributed by atoms with Gasteiger partial charge in [0.25, 0.3) is 0 Å². The maximum Gasteiger partial charge on any atom is 0.244 e. The Hall–Kier alpha value is -0.920. The van der Waals surface area contributed by atoms with Gasteiger partial charge >= 0.3 is 0 Å². The number of hydrogen-bond donors (Lipinski definition) is 2. The highest BCUT2D eigenvalue weighted by Gasteiger charge is 2.44. The fraction of sp³-hybridized carbons (Fsp3) is 0.750. The average Bonchev–Trinajstić information content (AvgIpc) is 3.08. The van der Waals surface area contributed by atoms with Crippen LogP contribution in [0.1, 0.15) is 31.2 Å². The summed E-state index contributed by atoms with van der Waals surface area (Å²) in [7, 11) is -1.85. The molecule has 3 N–H and O–H groups in total. The molecule has 6 nitrogen and oxygen atoms in total. The van der Waals surface area contributed by atoms with Crippen molar-refractivity contribution in [2.45, 2.75) is 44.0 Å². The van der Waals surface area contributed by atoms with Crippen LogP contribution in [0.25, 0.3) is 0 Å². The normalized spacial score (nSPS) is 19.4. The molecule has 0 aromatic carbocycles. The number of aromatic nitrogens is 2. The van der Waals surface area contributed by atoms with Gasteiger partial charge in [0.2, 0.25) is 10.0 Å². The van der Waals surface area contributed by atoms with E-state index in [4.69, 9.17) is 5.73 Å². The SMILES string of the molecule is Cc1nn(C)c(C)c1S(=O)(=O)NC(C)(CN)C1CC1. The highest BCUT2D eigenvalue weighted by molar-refractivity contribution is 7.89. The molecule has 0 radical (unpaired) electrons. The molecule has 1 heterocycles. The van der Waals surface area contributed by atoms with Gasteiger partial charge in [-0.3, -0.25) is 4.68 Å². The zero-order chi connectivity index (χ0) is 14.4. The molecule has 1 unspecified atom stereocenters. The van der Waals surface area contributed by atoms with Crippen molar-refractivity contribution in [2.75, 3.05) is 6.54 Å². The van der Waals surface area contributed by atoms with E-state index in [1.807, 2.05) is 6.92 Å². The Morgan fingerprint density at radius 3 is 2.42 bits per heavy atom. The van der Waals surface area contributed by atoms with E-state index >= 15 is 0 Å². The van der Waals surface area contributed by atoms with Gasteiger partial charge in [-0.25, -0.2) is 13.1 Å². The van der Waals surface area contributed by atoms with E-state index in [0.29, 0.717) is 23.9 Å². The minimum absolute atomic E-state index is 0.273. The van der Waals surface area contributed by atoms with Crippen LogP contribution in [0.4, 0.5) is 0 Å². The monoisotopic (exact) mass is 286 g/mol. The summed E-state index contributed by atoms with van der Waals surface area (Å²) in [6.45, 7) is 5.64. The molecule has 1 atom stereocenters. The molecule has 1 aliphatic rings. The topological polar surface area (TPSA) is 90.0 Å². The number of nitrogens with zero attached hydrogens (tertiary/aromatic N) is 2. The van der Waals surface area contributed by atoms with Crippen LogP contribution in [0, 0.1) is 19.8 Å². The molecule has 108 valence electrons. The number of rotatable bonds is 5. The second kappa shape index (κ2) is 4.57. The maximum atomic E-state index is 12.6. The highest BCUT2D eigenvalue weighted by Crippen LogP contribution is 2.40. The molecule has 0 amide bonds. The Morgan fingerprint density at radius 2 is 2.05 bits per heavy atom. The zero-order valence-electron chi connectivity index (χ0n) is 11.9. The van der Waals surface area contributed by atoms with Gasteiger partial charge in [-0.2, -0.15) is 5.10 Å². The lowest BCUT2D eigenvalue weighted by atomic mass is 9.98. The third-order valence-electron chi connectivity index (χ3n) is 3.98. The second-order valence-electron chi connectivity index (χ2n) is 5.62. The molecule has 1 fully saturated rings. The quantitative estimate of drug-likeness (QED) is 0.822. The fourth-order valence-electron chi connectivity index (χ4n) is 2.51. The predicted molar refractivity (Wildman–Crippen MR) is 73.2 cm³/mol. The largest absolute Gasteiger partial charge is 0.329 e. The van der Waals surface area contributed by atoms with Crippen molar-refractivity contribution in [3.63, 3.8) is 0 Å². The Morgan fingerprint density at radius 1 is 1.47 bits per heavy atom. The summed E-state index contributed by atoms with van der Waals surface area (Å²) < 4.78 is 29.5. The smallest absolute Gasteiger partial charge is 0.244 e. The lowest BCUT2D eigenvalue weighted by Gasteiger charge is -2.29. The summed E-state index contributed by atoms with van der Waals surface area (Å²) in [6, 6.07) is 0. The van der Waals surface area contributed by atoms with Crippen molar-refractivity contribution in [2.24, 2.45) is 18.7 Å². The van der Waals surface area contributed by atoms with Crippen LogP contribution >= 0.6 is 0 Å². The predicted octanol–water partition coefficient (Wildman–Crippen LogP) is 0.443. The van der Waals surface area contributed by atoms with Crippen LogP contribution in [0.2, 0.25) is 0 Å². The summed E-state index contributed by atoms with van der Waals surface area (Å²) in [5, 5.41) is 4.16.